The van der Waals surface area contributed by atoms with E-state index in [1.807, 2.05) is 6.92 Å². The zero-order valence-electron chi connectivity index (χ0n) is 14.5. The van der Waals surface area contributed by atoms with Crippen molar-refractivity contribution in [1.29, 1.82) is 0 Å². The molecule has 1 aliphatic rings. The minimum Gasteiger partial charge on any atom is -0.357 e. The molecule has 0 radical (unpaired) electrons. The summed E-state index contributed by atoms with van der Waals surface area (Å²) in [6, 6.07) is 3.42. The third kappa shape index (κ3) is 5.98. The molecule has 2 heterocycles. The molecule has 2 rings (SSSR count). The van der Waals surface area contributed by atoms with Gasteiger partial charge in [0, 0.05) is 39.1 Å². The van der Waals surface area contributed by atoms with E-state index in [9.17, 15) is 13.2 Å². The first-order valence-corrected chi connectivity index (χ1v) is 10.6. The Labute approximate surface area is 152 Å². The molecular weight excluding hydrogens is 362 g/mol. The summed E-state index contributed by atoms with van der Waals surface area (Å²) in [6.45, 7) is 3.84. The second-order valence-corrected chi connectivity index (χ2v) is 8.69. The predicted octanol–water partition coefficient (Wildman–Crippen LogP) is 0.202. The highest BCUT2D eigenvalue weighted by Gasteiger charge is 2.23. The lowest BCUT2D eigenvalue weighted by atomic mass is 10.1. The third-order valence-corrected chi connectivity index (χ3v) is 6.60. The predicted molar refractivity (Wildman–Crippen MR) is 99.3 cm³/mol. The second kappa shape index (κ2) is 9.16. The zero-order chi connectivity index (χ0) is 18.3. The van der Waals surface area contributed by atoms with Crippen LogP contribution in [0.4, 0.5) is 0 Å². The van der Waals surface area contributed by atoms with Crippen LogP contribution < -0.4 is 15.4 Å². The quantitative estimate of drug-likeness (QED) is 0.352. The molecule has 10 heteroatoms. The number of carbonyl (C=O) groups excluding carboxylic acids is 1. The lowest BCUT2D eigenvalue weighted by Gasteiger charge is -2.31. The summed E-state index contributed by atoms with van der Waals surface area (Å²) in [4.78, 5) is 17.7. The summed E-state index contributed by atoms with van der Waals surface area (Å²) < 4.78 is 26.9. The van der Waals surface area contributed by atoms with Gasteiger partial charge in [-0.05, 0) is 24.8 Å². The number of aliphatic imine (C=N–C) groups is 1. The Morgan fingerprint density at radius 1 is 1.48 bits per heavy atom. The van der Waals surface area contributed by atoms with Crippen LogP contribution in [0.15, 0.2) is 26.7 Å². The van der Waals surface area contributed by atoms with E-state index >= 15 is 0 Å². The molecule has 1 unspecified atom stereocenters. The summed E-state index contributed by atoms with van der Waals surface area (Å²) in [5.74, 6) is 0.786. The van der Waals surface area contributed by atoms with Crippen molar-refractivity contribution in [3.05, 3.63) is 17.5 Å². The Morgan fingerprint density at radius 2 is 2.28 bits per heavy atom. The Kier molecular flexibility index (Phi) is 7.21. The highest BCUT2D eigenvalue weighted by atomic mass is 32.2. The number of nitrogens with one attached hydrogen (secondary N) is 3. The van der Waals surface area contributed by atoms with Crippen LogP contribution in [0.25, 0.3) is 0 Å². The number of guanidine groups is 1. The van der Waals surface area contributed by atoms with Gasteiger partial charge in [-0.3, -0.25) is 9.79 Å². The molecule has 25 heavy (non-hydrogen) atoms. The number of piperidine rings is 1. The summed E-state index contributed by atoms with van der Waals surface area (Å²) in [7, 11) is -1.66. The van der Waals surface area contributed by atoms with Crippen LogP contribution in [0.3, 0.4) is 0 Å². The number of likely N-dealkylation sites (tertiary alicyclic amines) is 1. The van der Waals surface area contributed by atoms with Crippen molar-refractivity contribution in [2.24, 2.45) is 4.99 Å². The van der Waals surface area contributed by atoms with E-state index in [2.05, 4.69) is 20.3 Å². The van der Waals surface area contributed by atoms with Gasteiger partial charge in [0.25, 0.3) is 0 Å². The van der Waals surface area contributed by atoms with Crippen molar-refractivity contribution >= 4 is 33.2 Å². The number of hydrogen-bond acceptors (Lipinski definition) is 5. The largest absolute Gasteiger partial charge is 0.357 e. The monoisotopic (exact) mass is 387 g/mol. The summed E-state index contributed by atoms with van der Waals surface area (Å²) in [6.07, 6.45) is 1.28. The fourth-order valence-corrected chi connectivity index (χ4v) is 4.54. The number of rotatable bonds is 7. The highest BCUT2D eigenvalue weighted by molar-refractivity contribution is 7.91. The Balaban J connectivity index is 1.84. The van der Waals surface area contributed by atoms with E-state index in [4.69, 9.17) is 0 Å². The molecule has 8 nitrogen and oxygen atoms in total. The van der Waals surface area contributed by atoms with Gasteiger partial charge in [0.05, 0.1) is 6.54 Å². The Morgan fingerprint density at radius 3 is 2.92 bits per heavy atom. The SMILES string of the molecule is CCNC(=NCCNS(=O)(=O)c1cccs1)NC1CCC(=O)N(C)C1. The van der Waals surface area contributed by atoms with E-state index in [1.165, 1.54) is 11.3 Å². The van der Waals surface area contributed by atoms with Crippen molar-refractivity contribution in [2.75, 3.05) is 33.2 Å². The third-order valence-electron chi connectivity index (χ3n) is 3.75. The second-order valence-electron chi connectivity index (χ2n) is 5.74. The fourth-order valence-electron chi connectivity index (χ4n) is 2.48. The molecule has 1 fully saturated rings. The van der Waals surface area contributed by atoms with Gasteiger partial charge in [0.15, 0.2) is 5.96 Å². The van der Waals surface area contributed by atoms with Crippen molar-refractivity contribution in [3.63, 3.8) is 0 Å². The van der Waals surface area contributed by atoms with Gasteiger partial charge >= 0.3 is 0 Å². The summed E-state index contributed by atoms with van der Waals surface area (Å²) >= 11 is 1.18. The van der Waals surface area contributed by atoms with Crippen LogP contribution in [-0.4, -0.2) is 64.5 Å². The molecule has 1 atom stereocenters. The van der Waals surface area contributed by atoms with Gasteiger partial charge in [0.2, 0.25) is 15.9 Å². The summed E-state index contributed by atoms with van der Waals surface area (Å²) in [5.41, 5.74) is 0. The maximum atomic E-state index is 12.0. The van der Waals surface area contributed by atoms with Crippen LogP contribution in [0, 0.1) is 0 Å². The van der Waals surface area contributed by atoms with Crippen molar-refractivity contribution in [1.82, 2.24) is 20.3 Å². The van der Waals surface area contributed by atoms with Crippen LogP contribution in [0.2, 0.25) is 0 Å². The van der Waals surface area contributed by atoms with Crippen LogP contribution in [-0.2, 0) is 14.8 Å². The molecule has 0 aromatic carbocycles. The van der Waals surface area contributed by atoms with Gasteiger partial charge in [-0.15, -0.1) is 11.3 Å². The first-order valence-electron chi connectivity index (χ1n) is 8.24. The number of nitrogens with zero attached hydrogens (tertiary/aromatic N) is 2. The Bertz CT molecular complexity index is 688. The van der Waals surface area contributed by atoms with Gasteiger partial charge in [-0.1, -0.05) is 6.07 Å². The molecule has 0 saturated carbocycles. The van der Waals surface area contributed by atoms with Crippen molar-refractivity contribution < 1.29 is 13.2 Å². The molecule has 0 spiro atoms. The average molecular weight is 388 g/mol. The maximum Gasteiger partial charge on any atom is 0.250 e. The van der Waals surface area contributed by atoms with Crippen LogP contribution in [0.5, 0.6) is 0 Å². The van der Waals surface area contributed by atoms with Crippen molar-refractivity contribution in [3.8, 4) is 0 Å². The molecule has 1 aliphatic heterocycles. The van der Waals surface area contributed by atoms with E-state index < -0.39 is 10.0 Å². The zero-order valence-corrected chi connectivity index (χ0v) is 16.1. The number of sulfonamides is 1. The van der Waals surface area contributed by atoms with E-state index in [-0.39, 0.29) is 18.5 Å². The number of carbonyl (C=O) groups is 1. The standard InChI is InChI=1S/C15H25N5O3S2/c1-3-16-15(19-12-6-7-13(21)20(2)11-12)17-8-9-18-25(22,23)14-5-4-10-24-14/h4-5,10,12,18H,3,6-9,11H2,1-2H3,(H2,16,17,19). The molecule has 1 aromatic rings. The van der Waals surface area contributed by atoms with Gasteiger partial charge in [-0.25, -0.2) is 13.1 Å². The minimum atomic E-state index is -3.45. The number of amides is 1. The minimum absolute atomic E-state index is 0.142. The first kappa shape index (κ1) is 19.7. The van der Waals surface area contributed by atoms with Gasteiger partial charge < -0.3 is 15.5 Å². The maximum absolute atomic E-state index is 12.0. The van der Waals surface area contributed by atoms with E-state index in [0.29, 0.717) is 36.2 Å². The lowest BCUT2D eigenvalue weighted by Crippen LogP contribution is -2.51. The van der Waals surface area contributed by atoms with Gasteiger partial charge in [0.1, 0.15) is 4.21 Å². The smallest absolute Gasteiger partial charge is 0.250 e. The number of thiophene rings is 1. The topological polar surface area (TPSA) is 103 Å². The average Bonchev–Trinajstić information content (AvgIpc) is 3.10. The van der Waals surface area contributed by atoms with Crippen molar-refractivity contribution in [2.45, 2.75) is 30.0 Å². The molecular formula is C15H25N5O3S2. The molecule has 140 valence electrons. The van der Waals surface area contributed by atoms with Crippen LogP contribution in [0.1, 0.15) is 19.8 Å². The van der Waals surface area contributed by atoms with Crippen LogP contribution >= 0.6 is 11.3 Å². The molecule has 3 N–H and O–H groups in total. The Hall–Kier alpha value is -1.65. The number of likely N-dealkylation sites (N-methyl/N-ethyl adjacent to an activating group) is 1. The van der Waals surface area contributed by atoms with E-state index in [0.717, 1.165) is 6.42 Å². The number of hydrogen-bond donors (Lipinski definition) is 3. The normalized spacial score (nSPS) is 19.1. The molecule has 1 aromatic heterocycles. The fraction of sp³-hybridized carbons (Fsp3) is 0.600. The van der Waals surface area contributed by atoms with E-state index in [1.54, 1.807) is 29.5 Å². The molecule has 1 amide bonds. The summed E-state index contributed by atoms with van der Waals surface area (Å²) in [5, 5.41) is 8.17. The molecule has 0 bridgehead atoms. The van der Waals surface area contributed by atoms with Gasteiger partial charge in [-0.2, -0.15) is 0 Å². The first-order chi connectivity index (χ1) is 11.9. The highest BCUT2D eigenvalue weighted by Crippen LogP contribution is 2.14. The molecule has 1 saturated heterocycles. The lowest BCUT2D eigenvalue weighted by molar-refractivity contribution is -0.132. The molecule has 0 aliphatic carbocycles.